The lowest BCUT2D eigenvalue weighted by molar-refractivity contribution is -0.182. The SMILES string of the molecule is C[SiH2]CCC(N1CCNCC1)(N1CCNCC1)N1CCNCC1. The summed E-state index contributed by atoms with van der Waals surface area (Å²) < 4.78 is 0. The zero-order valence-electron chi connectivity index (χ0n) is 14.9. The summed E-state index contributed by atoms with van der Waals surface area (Å²) in [6.45, 7) is 16.5. The molecule has 3 aliphatic heterocycles. The molecule has 0 radical (unpaired) electrons. The second-order valence-electron chi connectivity index (χ2n) is 7.09. The largest absolute Gasteiger partial charge is 0.314 e. The van der Waals surface area contributed by atoms with Crippen LogP contribution in [0.15, 0.2) is 0 Å². The molecule has 3 heterocycles. The number of hydrogen-bond acceptors (Lipinski definition) is 6. The van der Waals surface area contributed by atoms with Gasteiger partial charge in [-0.1, -0.05) is 12.6 Å². The van der Waals surface area contributed by atoms with Crippen molar-refractivity contribution in [2.75, 3.05) is 78.5 Å². The standard InChI is InChI=1S/C16H36N6Si/c1-23-15-2-16(20-9-3-17-4-10-20,21-11-5-18-6-12-21)22-13-7-19-8-14-22/h17-19H,2-15,23H2,1H3. The quantitative estimate of drug-likeness (QED) is 0.505. The third-order valence-electron chi connectivity index (χ3n) is 5.74. The second kappa shape index (κ2) is 8.89. The lowest BCUT2D eigenvalue weighted by atomic mass is 10.1. The van der Waals surface area contributed by atoms with Crippen molar-refractivity contribution in [3.8, 4) is 0 Å². The van der Waals surface area contributed by atoms with Gasteiger partial charge in [-0.3, -0.25) is 14.7 Å². The van der Waals surface area contributed by atoms with Crippen LogP contribution in [0.25, 0.3) is 0 Å². The van der Waals surface area contributed by atoms with Crippen molar-refractivity contribution in [2.24, 2.45) is 0 Å². The van der Waals surface area contributed by atoms with Gasteiger partial charge in [0, 0.05) is 88.1 Å². The Labute approximate surface area is 144 Å². The van der Waals surface area contributed by atoms with Crippen LogP contribution in [0.5, 0.6) is 0 Å². The van der Waals surface area contributed by atoms with E-state index in [0.717, 1.165) is 39.3 Å². The maximum Gasteiger partial charge on any atom is 0.131 e. The number of nitrogens with one attached hydrogen (secondary N) is 3. The summed E-state index contributed by atoms with van der Waals surface area (Å²) in [6, 6.07) is 1.46. The summed E-state index contributed by atoms with van der Waals surface area (Å²) in [4.78, 5) is 8.47. The molecule has 0 atom stereocenters. The molecule has 3 rings (SSSR count). The fourth-order valence-corrected chi connectivity index (χ4v) is 5.39. The zero-order valence-corrected chi connectivity index (χ0v) is 16.4. The van der Waals surface area contributed by atoms with E-state index in [1.807, 2.05) is 0 Å². The summed E-state index contributed by atoms with van der Waals surface area (Å²) >= 11 is 0. The Kier molecular flexibility index (Phi) is 6.88. The Morgan fingerprint density at radius 3 is 1.35 bits per heavy atom. The highest BCUT2D eigenvalue weighted by atomic mass is 28.2. The highest BCUT2D eigenvalue weighted by Gasteiger charge is 2.47. The molecule has 0 saturated carbocycles. The molecule has 7 heteroatoms. The minimum Gasteiger partial charge on any atom is -0.314 e. The molecule has 0 spiro atoms. The van der Waals surface area contributed by atoms with Crippen LogP contribution in [0.2, 0.25) is 12.6 Å². The average molecular weight is 341 g/mol. The van der Waals surface area contributed by atoms with Crippen LogP contribution >= 0.6 is 0 Å². The van der Waals surface area contributed by atoms with Gasteiger partial charge in [-0.05, 0) is 6.42 Å². The Bertz CT molecular complexity index is 292. The van der Waals surface area contributed by atoms with E-state index < -0.39 is 0 Å². The molecule has 0 aliphatic carbocycles. The van der Waals surface area contributed by atoms with Gasteiger partial charge in [-0.15, -0.1) is 0 Å². The van der Waals surface area contributed by atoms with E-state index in [1.54, 1.807) is 0 Å². The summed E-state index contributed by atoms with van der Waals surface area (Å²) in [5, 5.41) is 10.7. The Balaban J connectivity index is 1.88. The van der Waals surface area contributed by atoms with Crippen molar-refractivity contribution in [3.63, 3.8) is 0 Å². The molecule has 0 bridgehead atoms. The Morgan fingerprint density at radius 2 is 1.04 bits per heavy atom. The van der Waals surface area contributed by atoms with Crippen LogP contribution < -0.4 is 16.0 Å². The molecule has 6 nitrogen and oxygen atoms in total. The molecule has 134 valence electrons. The zero-order chi connectivity index (χ0) is 16.0. The monoisotopic (exact) mass is 340 g/mol. The Morgan fingerprint density at radius 1 is 0.696 bits per heavy atom. The first kappa shape index (κ1) is 17.8. The third kappa shape index (κ3) is 3.97. The van der Waals surface area contributed by atoms with Gasteiger partial charge in [0.25, 0.3) is 0 Å². The van der Waals surface area contributed by atoms with E-state index in [2.05, 4.69) is 37.2 Å². The first-order valence-corrected chi connectivity index (χ1v) is 12.2. The van der Waals surface area contributed by atoms with E-state index in [-0.39, 0.29) is 15.3 Å². The fourth-order valence-electron chi connectivity index (χ4n) is 4.56. The van der Waals surface area contributed by atoms with Crippen molar-refractivity contribution in [1.29, 1.82) is 0 Å². The van der Waals surface area contributed by atoms with Gasteiger partial charge in [0.05, 0.1) is 0 Å². The maximum atomic E-state index is 3.55. The number of nitrogens with zero attached hydrogens (tertiary/aromatic N) is 3. The van der Waals surface area contributed by atoms with Gasteiger partial charge in [0.2, 0.25) is 0 Å². The third-order valence-corrected chi connectivity index (χ3v) is 6.80. The summed E-state index contributed by atoms with van der Waals surface area (Å²) in [7, 11) is 0.101. The van der Waals surface area contributed by atoms with Crippen LogP contribution in [0, 0.1) is 0 Å². The molecule has 23 heavy (non-hydrogen) atoms. The minimum absolute atomic E-state index is 0.101. The Hall–Kier alpha value is -0.0231. The lowest BCUT2D eigenvalue weighted by Gasteiger charge is -2.59. The molecule has 0 aromatic rings. The van der Waals surface area contributed by atoms with Crippen molar-refractivity contribution in [1.82, 2.24) is 30.7 Å². The predicted octanol–water partition coefficient (Wildman–Crippen LogP) is -1.62. The first-order chi connectivity index (χ1) is 11.4. The molecule has 3 fully saturated rings. The minimum atomic E-state index is 0.101. The lowest BCUT2D eigenvalue weighted by Crippen LogP contribution is -2.75. The maximum absolute atomic E-state index is 3.55. The van der Waals surface area contributed by atoms with E-state index in [4.69, 9.17) is 0 Å². The van der Waals surface area contributed by atoms with Crippen LogP contribution in [0.3, 0.4) is 0 Å². The topological polar surface area (TPSA) is 45.8 Å². The second-order valence-corrected chi connectivity index (χ2v) is 8.80. The van der Waals surface area contributed by atoms with Gasteiger partial charge >= 0.3 is 0 Å². The molecule has 0 aromatic heterocycles. The van der Waals surface area contributed by atoms with E-state index >= 15 is 0 Å². The van der Waals surface area contributed by atoms with Crippen molar-refractivity contribution in [3.05, 3.63) is 0 Å². The van der Waals surface area contributed by atoms with Gasteiger partial charge in [0.15, 0.2) is 0 Å². The molecular formula is C16H36N6Si. The predicted molar refractivity (Wildman–Crippen MR) is 99.9 cm³/mol. The molecule has 3 saturated heterocycles. The highest BCUT2D eigenvalue weighted by Crippen LogP contribution is 2.32. The molecule has 0 unspecified atom stereocenters. The van der Waals surface area contributed by atoms with E-state index in [9.17, 15) is 0 Å². The fraction of sp³-hybridized carbons (Fsp3) is 1.00. The van der Waals surface area contributed by atoms with Crippen LogP contribution in [-0.4, -0.2) is 109 Å². The van der Waals surface area contributed by atoms with Crippen molar-refractivity contribution >= 4 is 9.52 Å². The molecule has 0 aromatic carbocycles. The number of rotatable bonds is 6. The van der Waals surface area contributed by atoms with Gasteiger partial charge in [0.1, 0.15) is 5.79 Å². The van der Waals surface area contributed by atoms with Crippen molar-refractivity contribution < 1.29 is 0 Å². The van der Waals surface area contributed by atoms with Gasteiger partial charge in [-0.25, -0.2) is 0 Å². The summed E-state index contributed by atoms with van der Waals surface area (Å²) in [5.74, 6) is 0.176. The average Bonchev–Trinajstić information content (AvgIpc) is 2.65. The van der Waals surface area contributed by atoms with Gasteiger partial charge < -0.3 is 16.0 Å². The smallest absolute Gasteiger partial charge is 0.131 e. The number of piperazine rings is 3. The van der Waals surface area contributed by atoms with Crippen LogP contribution in [-0.2, 0) is 0 Å². The molecule has 3 N–H and O–H groups in total. The van der Waals surface area contributed by atoms with E-state index in [1.165, 1.54) is 51.7 Å². The molecule has 3 aliphatic rings. The summed E-state index contributed by atoms with van der Waals surface area (Å²) in [5.41, 5.74) is 0. The first-order valence-electron chi connectivity index (χ1n) is 9.75. The molecule has 0 amide bonds. The van der Waals surface area contributed by atoms with E-state index in [0.29, 0.717) is 0 Å². The van der Waals surface area contributed by atoms with Crippen molar-refractivity contribution in [2.45, 2.75) is 24.8 Å². The highest BCUT2D eigenvalue weighted by molar-refractivity contribution is 6.33. The van der Waals surface area contributed by atoms with Gasteiger partial charge in [-0.2, -0.15) is 0 Å². The van der Waals surface area contributed by atoms with Crippen LogP contribution in [0.4, 0.5) is 0 Å². The van der Waals surface area contributed by atoms with Crippen LogP contribution in [0.1, 0.15) is 6.42 Å². The number of hydrogen-bond donors (Lipinski definition) is 3. The normalized spacial score (nSPS) is 27.0. The molecular weight excluding hydrogens is 304 g/mol. The summed E-state index contributed by atoms with van der Waals surface area (Å²) in [6.07, 6.45) is 1.34.